The van der Waals surface area contributed by atoms with Crippen LogP contribution in [0.1, 0.15) is 31.0 Å². The molecule has 0 aliphatic carbocycles. The lowest BCUT2D eigenvalue weighted by molar-refractivity contribution is -0.139. The van der Waals surface area contributed by atoms with Gasteiger partial charge in [-0.1, -0.05) is 59.9 Å². The molecule has 0 saturated carbocycles. The molecule has 4 aromatic rings. The van der Waals surface area contributed by atoms with Crippen molar-refractivity contribution >= 4 is 50.1 Å². The maximum atomic E-state index is 13.8. The Hall–Kier alpha value is -3.49. The van der Waals surface area contributed by atoms with Gasteiger partial charge in [-0.15, -0.1) is 0 Å². The van der Waals surface area contributed by atoms with Gasteiger partial charge in [-0.2, -0.15) is 0 Å². The molecule has 1 aromatic heterocycles. The van der Waals surface area contributed by atoms with Crippen LogP contribution in [0.25, 0.3) is 16.8 Å². The number of benzene rings is 3. The van der Waals surface area contributed by atoms with E-state index in [-0.39, 0.29) is 17.9 Å². The Balaban J connectivity index is 1.79. The molecule has 0 amide bonds. The minimum Gasteiger partial charge on any atom is -0.507 e. The summed E-state index contributed by atoms with van der Waals surface area (Å²) in [5.74, 6) is -0.363. The molecule has 0 fully saturated rings. The fourth-order valence-corrected chi connectivity index (χ4v) is 5.78. The second-order valence-corrected chi connectivity index (χ2v) is 9.94. The van der Waals surface area contributed by atoms with Crippen molar-refractivity contribution in [2.45, 2.75) is 19.9 Å². The van der Waals surface area contributed by atoms with E-state index in [1.165, 1.54) is 11.3 Å². The summed E-state index contributed by atoms with van der Waals surface area (Å²) in [7, 11) is 0. The van der Waals surface area contributed by atoms with Gasteiger partial charge >= 0.3 is 5.97 Å². The molecule has 1 N–H and O–H groups in total. The van der Waals surface area contributed by atoms with Crippen molar-refractivity contribution in [1.82, 2.24) is 4.57 Å². The highest BCUT2D eigenvalue weighted by Gasteiger charge is 2.34. The summed E-state index contributed by atoms with van der Waals surface area (Å²) in [6, 6.07) is 18.1. The first-order chi connectivity index (χ1) is 16.9. The van der Waals surface area contributed by atoms with E-state index in [0.29, 0.717) is 25.1 Å². The number of carbonyl (C=O) groups excluding carboxylic acids is 1. The molecule has 3 aromatic carbocycles. The summed E-state index contributed by atoms with van der Waals surface area (Å²) < 4.78 is 7.99. The Morgan fingerprint density at radius 3 is 2.74 bits per heavy atom. The third-order valence-corrected chi connectivity index (χ3v) is 7.52. The van der Waals surface area contributed by atoms with Crippen LogP contribution in [0.15, 0.2) is 86.2 Å². The average Bonchev–Trinajstić information content (AvgIpc) is 3.14. The van der Waals surface area contributed by atoms with Crippen LogP contribution in [-0.4, -0.2) is 22.2 Å². The van der Waals surface area contributed by atoms with Crippen LogP contribution in [0, 0.1) is 0 Å². The lowest BCUT2D eigenvalue weighted by Gasteiger charge is -2.25. The van der Waals surface area contributed by atoms with E-state index >= 15 is 0 Å². The monoisotopic (exact) mass is 548 g/mol. The molecule has 0 saturated heterocycles. The van der Waals surface area contributed by atoms with Crippen LogP contribution in [0.2, 0.25) is 0 Å². The summed E-state index contributed by atoms with van der Waals surface area (Å²) in [5.41, 5.74) is 2.23. The normalized spacial score (nSPS) is 15.7. The molecule has 2 heterocycles. The maximum Gasteiger partial charge on any atom is 0.338 e. The van der Waals surface area contributed by atoms with Gasteiger partial charge in [0.25, 0.3) is 5.56 Å². The number of thiazole rings is 1. The Labute approximate surface area is 213 Å². The summed E-state index contributed by atoms with van der Waals surface area (Å²) in [6.45, 7) is 3.75. The van der Waals surface area contributed by atoms with Crippen molar-refractivity contribution in [3.05, 3.63) is 107 Å². The highest BCUT2D eigenvalue weighted by molar-refractivity contribution is 9.10. The van der Waals surface area contributed by atoms with E-state index in [2.05, 4.69) is 20.9 Å². The average molecular weight is 549 g/mol. The van der Waals surface area contributed by atoms with E-state index in [1.54, 1.807) is 42.7 Å². The Kier molecular flexibility index (Phi) is 6.17. The van der Waals surface area contributed by atoms with Crippen LogP contribution < -0.4 is 14.9 Å². The van der Waals surface area contributed by atoms with Crippen molar-refractivity contribution in [3.63, 3.8) is 0 Å². The van der Waals surface area contributed by atoms with Gasteiger partial charge in [0, 0.05) is 0 Å². The first kappa shape index (κ1) is 23.3. The Bertz CT molecular complexity index is 1700. The number of nitrogens with zero attached hydrogens (tertiary/aromatic N) is 2. The highest BCUT2D eigenvalue weighted by atomic mass is 79.9. The zero-order valence-corrected chi connectivity index (χ0v) is 21.4. The van der Waals surface area contributed by atoms with Gasteiger partial charge in [0.1, 0.15) is 5.75 Å². The molecule has 35 heavy (non-hydrogen) atoms. The third-order valence-electron chi connectivity index (χ3n) is 5.90. The van der Waals surface area contributed by atoms with Crippen LogP contribution in [-0.2, 0) is 9.53 Å². The van der Waals surface area contributed by atoms with Crippen LogP contribution in [0.3, 0.4) is 0 Å². The van der Waals surface area contributed by atoms with Crippen molar-refractivity contribution in [1.29, 1.82) is 0 Å². The Morgan fingerprint density at radius 2 is 1.97 bits per heavy atom. The zero-order chi connectivity index (χ0) is 24.7. The molecule has 0 unspecified atom stereocenters. The number of aromatic hydroxyl groups is 1. The predicted octanol–water partition coefficient (Wildman–Crippen LogP) is 4.42. The van der Waals surface area contributed by atoms with Crippen LogP contribution in [0.4, 0.5) is 0 Å². The molecule has 176 valence electrons. The first-order valence-corrected chi connectivity index (χ1v) is 12.7. The number of phenolic OH excluding ortho intramolecular Hbond substituents is 1. The van der Waals surface area contributed by atoms with Gasteiger partial charge < -0.3 is 9.84 Å². The van der Waals surface area contributed by atoms with Crippen LogP contribution in [0.5, 0.6) is 5.75 Å². The first-order valence-electron chi connectivity index (χ1n) is 11.0. The van der Waals surface area contributed by atoms with Gasteiger partial charge in [0.15, 0.2) is 4.80 Å². The van der Waals surface area contributed by atoms with E-state index in [9.17, 15) is 14.7 Å². The standard InChI is InChI=1S/C27H21BrN2O4S/c1-3-34-26(33)23-15(2)29-27-30(24(23)19-10-6-8-17-7-4-5-9-18(17)19)25(32)22(35-27)14-16-11-12-21(31)20(28)13-16/h4-14,24,31H,3H2,1-2H3/b22-14-/t24-/m0/s1. The van der Waals surface area contributed by atoms with E-state index < -0.39 is 12.0 Å². The number of carbonyl (C=O) groups is 1. The highest BCUT2D eigenvalue weighted by Crippen LogP contribution is 2.34. The van der Waals surface area contributed by atoms with Gasteiger partial charge in [-0.05, 0) is 69.9 Å². The van der Waals surface area contributed by atoms with Crippen molar-refractivity contribution < 1.29 is 14.6 Å². The molecule has 5 rings (SSSR count). The lowest BCUT2D eigenvalue weighted by atomic mass is 9.91. The van der Waals surface area contributed by atoms with Gasteiger partial charge in [-0.25, -0.2) is 9.79 Å². The van der Waals surface area contributed by atoms with Crippen molar-refractivity contribution in [2.24, 2.45) is 4.99 Å². The molecule has 0 bridgehead atoms. The molecule has 6 nitrogen and oxygen atoms in total. The molecule has 0 radical (unpaired) electrons. The second-order valence-electron chi connectivity index (χ2n) is 8.08. The summed E-state index contributed by atoms with van der Waals surface area (Å²) in [6.07, 6.45) is 1.76. The van der Waals surface area contributed by atoms with Gasteiger partial charge in [0.05, 0.1) is 32.9 Å². The minimum absolute atomic E-state index is 0.120. The number of halogens is 1. The van der Waals surface area contributed by atoms with Gasteiger partial charge in [0.2, 0.25) is 0 Å². The molecule has 8 heteroatoms. The van der Waals surface area contributed by atoms with Crippen molar-refractivity contribution in [2.75, 3.05) is 6.61 Å². The SMILES string of the molecule is CCOC(=O)C1=C(C)N=c2s/c(=C\c3ccc(O)c(Br)c3)c(=O)n2[C@H]1c1cccc2ccccc12. The number of fused-ring (bicyclic) bond motifs is 2. The summed E-state index contributed by atoms with van der Waals surface area (Å²) >= 11 is 4.58. The zero-order valence-electron chi connectivity index (χ0n) is 19.0. The van der Waals surface area contributed by atoms with E-state index in [0.717, 1.165) is 21.9 Å². The fraction of sp³-hybridized carbons (Fsp3) is 0.148. The van der Waals surface area contributed by atoms with Crippen molar-refractivity contribution in [3.8, 4) is 5.75 Å². The predicted molar refractivity (Wildman–Crippen MR) is 140 cm³/mol. The number of rotatable bonds is 4. The summed E-state index contributed by atoms with van der Waals surface area (Å²) in [4.78, 5) is 32.0. The molecule has 1 aliphatic heterocycles. The fourth-order valence-electron chi connectivity index (χ4n) is 4.34. The second kappa shape index (κ2) is 9.28. The smallest absolute Gasteiger partial charge is 0.338 e. The number of hydrogen-bond acceptors (Lipinski definition) is 6. The van der Waals surface area contributed by atoms with E-state index in [1.807, 2.05) is 42.5 Å². The number of allylic oxidation sites excluding steroid dienone is 1. The minimum atomic E-state index is -0.676. The lowest BCUT2D eigenvalue weighted by Crippen LogP contribution is -2.40. The van der Waals surface area contributed by atoms with E-state index in [4.69, 9.17) is 4.74 Å². The molecular weight excluding hydrogens is 528 g/mol. The largest absolute Gasteiger partial charge is 0.507 e. The van der Waals surface area contributed by atoms with Gasteiger partial charge in [-0.3, -0.25) is 9.36 Å². The number of esters is 1. The number of phenols is 1. The maximum absolute atomic E-state index is 13.8. The Morgan fingerprint density at radius 1 is 1.20 bits per heavy atom. The van der Waals surface area contributed by atoms with Crippen LogP contribution >= 0.6 is 27.3 Å². The molecular formula is C27H21BrN2O4S. The number of ether oxygens (including phenoxy) is 1. The quantitative estimate of drug-likeness (QED) is 0.383. The molecule has 0 spiro atoms. The molecule has 1 aliphatic rings. The topological polar surface area (TPSA) is 80.9 Å². The molecule has 1 atom stereocenters. The summed E-state index contributed by atoms with van der Waals surface area (Å²) in [5, 5.41) is 11.8. The number of aromatic nitrogens is 1. The number of hydrogen-bond donors (Lipinski definition) is 1. The third kappa shape index (κ3) is 4.13.